The Hall–Kier alpha value is -0.960. The van der Waals surface area contributed by atoms with Crippen molar-refractivity contribution in [2.45, 2.75) is 18.9 Å². The van der Waals surface area contributed by atoms with Crippen LogP contribution in [-0.2, 0) is 0 Å². The van der Waals surface area contributed by atoms with Crippen LogP contribution in [0.1, 0.15) is 12.8 Å². The summed E-state index contributed by atoms with van der Waals surface area (Å²) in [5.41, 5.74) is 5.29. The molecule has 0 unspecified atom stereocenters. The van der Waals surface area contributed by atoms with Crippen molar-refractivity contribution in [1.29, 1.82) is 0 Å². The lowest BCUT2D eigenvalue weighted by Gasteiger charge is -2.34. The van der Waals surface area contributed by atoms with Crippen molar-refractivity contribution in [3.05, 3.63) is 31.6 Å². The molecule has 0 spiro atoms. The van der Waals surface area contributed by atoms with Crippen LogP contribution >= 0.6 is 22.6 Å². The number of nitrogens with zero attached hydrogens (tertiary/aromatic N) is 1. The average molecular weight is 366 g/mol. The molecule has 0 saturated heterocycles. The number of rotatable bonds is 4. The highest BCUT2D eigenvalue weighted by Gasteiger charge is 2.31. The summed E-state index contributed by atoms with van der Waals surface area (Å²) >= 11 is 1.71. The van der Waals surface area contributed by atoms with Crippen LogP contribution < -0.4 is 10.5 Å². The number of nitro benzene ring substituents is 1. The van der Waals surface area contributed by atoms with E-state index in [-0.39, 0.29) is 21.1 Å². The van der Waals surface area contributed by atoms with Gasteiger partial charge in [0.15, 0.2) is 5.75 Å². The van der Waals surface area contributed by atoms with Gasteiger partial charge in [-0.3, -0.25) is 10.1 Å². The Morgan fingerprint density at radius 2 is 2.22 bits per heavy atom. The van der Waals surface area contributed by atoms with Crippen LogP contribution in [0.15, 0.2) is 12.1 Å². The van der Waals surface area contributed by atoms with Crippen molar-refractivity contribution < 1.29 is 14.1 Å². The van der Waals surface area contributed by atoms with E-state index in [1.54, 1.807) is 22.6 Å². The molecule has 1 fully saturated rings. The van der Waals surface area contributed by atoms with Crippen molar-refractivity contribution in [3.63, 3.8) is 0 Å². The Labute approximate surface area is 117 Å². The molecule has 1 aliphatic rings. The molecule has 0 aliphatic heterocycles. The minimum atomic E-state index is -0.560. The molecule has 0 atom stereocenters. The fourth-order valence-electron chi connectivity index (χ4n) is 1.90. The van der Waals surface area contributed by atoms with Gasteiger partial charge in [0.2, 0.25) is 0 Å². The molecule has 0 amide bonds. The summed E-state index contributed by atoms with van der Waals surface area (Å²) in [6.45, 7) is 0.586. The standard InChI is InChI=1S/C11H12FIN2O3/c12-8-3-11(10(15(16)17)4-9(8)13)18-7-1-6(2-7)5-14/h3-4,6-7H,1-2,5,14H2. The fourth-order valence-corrected chi connectivity index (χ4v) is 2.35. The Morgan fingerprint density at radius 1 is 1.56 bits per heavy atom. The van der Waals surface area contributed by atoms with Crippen LogP contribution in [0.4, 0.5) is 10.1 Å². The lowest BCUT2D eigenvalue weighted by atomic mass is 9.82. The van der Waals surface area contributed by atoms with E-state index in [9.17, 15) is 14.5 Å². The fraction of sp³-hybridized carbons (Fsp3) is 0.455. The molecule has 5 nitrogen and oxygen atoms in total. The lowest BCUT2D eigenvalue weighted by molar-refractivity contribution is -0.386. The minimum Gasteiger partial charge on any atom is -0.483 e. The molecule has 0 aromatic heterocycles. The summed E-state index contributed by atoms with van der Waals surface area (Å²) in [4.78, 5) is 10.3. The van der Waals surface area contributed by atoms with Crippen LogP contribution in [0.3, 0.4) is 0 Å². The third kappa shape index (κ3) is 2.72. The normalized spacial score (nSPS) is 22.4. The molecule has 0 heterocycles. The zero-order valence-corrected chi connectivity index (χ0v) is 11.6. The van der Waals surface area contributed by atoms with E-state index < -0.39 is 10.7 Å². The van der Waals surface area contributed by atoms with Crippen LogP contribution in [0, 0.1) is 25.4 Å². The van der Waals surface area contributed by atoms with Crippen molar-refractivity contribution in [2.24, 2.45) is 11.7 Å². The number of ether oxygens (including phenoxy) is 1. The maximum absolute atomic E-state index is 13.4. The quantitative estimate of drug-likeness (QED) is 0.505. The minimum absolute atomic E-state index is 0.00149. The van der Waals surface area contributed by atoms with Gasteiger partial charge >= 0.3 is 5.69 Å². The largest absolute Gasteiger partial charge is 0.483 e. The molecular formula is C11H12FIN2O3. The third-order valence-electron chi connectivity index (χ3n) is 3.02. The van der Waals surface area contributed by atoms with E-state index in [0.29, 0.717) is 12.5 Å². The van der Waals surface area contributed by atoms with Crippen LogP contribution in [-0.4, -0.2) is 17.6 Å². The molecular weight excluding hydrogens is 354 g/mol. The van der Waals surface area contributed by atoms with Gasteiger partial charge in [-0.2, -0.15) is 0 Å². The van der Waals surface area contributed by atoms with E-state index in [1.165, 1.54) is 6.07 Å². The summed E-state index contributed by atoms with van der Waals surface area (Å²) in [6, 6.07) is 2.26. The van der Waals surface area contributed by atoms with Gasteiger partial charge in [0, 0.05) is 12.1 Å². The van der Waals surface area contributed by atoms with E-state index in [0.717, 1.165) is 18.9 Å². The first kappa shape index (κ1) is 13.5. The Bertz CT molecular complexity index is 478. The van der Waals surface area contributed by atoms with Gasteiger partial charge in [0.05, 0.1) is 14.6 Å². The van der Waals surface area contributed by atoms with Crippen LogP contribution in [0.2, 0.25) is 0 Å². The highest BCUT2D eigenvalue weighted by Crippen LogP contribution is 2.36. The zero-order chi connectivity index (χ0) is 13.3. The van der Waals surface area contributed by atoms with E-state index in [4.69, 9.17) is 10.5 Å². The lowest BCUT2D eigenvalue weighted by Crippen LogP contribution is -2.37. The van der Waals surface area contributed by atoms with Crippen molar-refractivity contribution in [2.75, 3.05) is 6.54 Å². The molecule has 1 saturated carbocycles. The van der Waals surface area contributed by atoms with Crippen molar-refractivity contribution >= 4 is 28.3 Å². The second kappa shape index (κ2) is 5.35. The third-order valence-corrected chi connectivity index (χ3v) is 3.84. The van der Waals surface area contributed by atoms with Crippen molar-refractivity contribution in [3.8, 4) is 5.75 Å². The zero-order valence-electron chi connectivity index (χ0n) is 9.44. The second-order valence-electron chi connectivity index (χ2n) is 4.30. The topological polar surface area (TPSA) is 78.4 Å². The molecule has 18 heavy (non-hydrogen) atoms. The number of hydrogen-bond donors (Lipinski definition) is 1. The molecule has 7 heteroatoms. The second-order valence-corrected chi connectivity index (χ2v) is 5.47. The Kier molecular flexibility index (Phi) is 4.00. The maximum atomic E-state index is 13.4. The smallest absolute Gasteiger partial charge is 0.312 e. The van der Waals surface area contributed by atoms with Gasteiger partial charge in [0.1, 0.15) is 5.82 Å². The number of nitro groups is 1. The highest BCUT2D eigenvalue weighted by molar-refractivity contribution is 14.1. The molecule has 0 radical (unpaired) electrons. The van der Waals surface area contributed by atoms with Gasteiger partial charge in [0.25, 0.3) is 0 Å². The molecule has 1 aromatic carbocycles. The molecule has 2 N–H and O–H groups in total. The highest BCUT2D eigenvalue weighted by atomic mass is 127. The first-order valence-corrected chi connectivity index (χ1v) is 6.59. The number of hydrogen-bond acceptors (Lipinski definition) is 4. The van der Waals surface area contributed by atoms with E-state index in [2.05, 4.69) is 0 Å². The molecule has 1 aliphatic carbocycles. The summed E-state index contributed by atoms with van der Waals surface area (Å²) in [7, 11) is 0. The molecule has 98 valence electrons. The average Bonchev–Trinajstić information content (AvgIpc) is 2.26. The summed E-state index contributed by atoms with van der Waals surface area (Å²) in [6.07, 6.45) is 1.43. The molecule has 2 rings (SSSR count). The first-order valence-electron chi connectivity index (χ1n) is 5.51. The molecule has 1 aromatic rings. The van der Waals surface area contributed by atoms with E-state index >= 15 is 0 Å². The van der Waals surface area contributed by atoms with Crippen LogP contribution in [0.25, 0.3) is 0 Å². The summed E-state index contributed by atoms with van der Waals surface area (Å²) in [5, 5.41) is 10.9. The van der Waals surface area contributed by atoms with Crippen LogP contribution in [0.5, 0.6) is 5.75 Å². The van der Waals surface area contributed by atoms with Gasteiger partial charge in [-0.1, -0.05) is 0 Å². The van der Waals surface area contributed by atoms with E-state index in [1.807, 2.05) is 0 Å². The predicted molar refractivity (Wildman–Crippen MR) is 72.0 cm³/mol. The summed E-state index contributed by atoms with van der Waals surface area (Å²) in [5.74, 6) is -0.105. The van der Waals surface area contributed by atoms with Gasteiger partial charge in [-0.25, -0.2) is 4.39 Å². The monoisotopic (exact) mass is 366 g/mol. The Morgan fingerprint density at radius 3 is 2.78 bits per heavy atom. The Balaban J connectivity index is 2.16. The first-order chi connectivity index (χ1) is 8.51. The van der Waals surface area contributed by atoms with Gasteiger partial charge in [-0.05, 0) is 47.9 Å². The SMILES string of the molecule is NCC1CC(Oc2cc(F)c(I)cc2[N+](=O)[O-])C1. The number of benzene rings is 1. The van der Waals surface area contributed by atoms with Gasteiger partial charge in [-0.15, -0.1) is 0 Å². The molecule has 0 bridgehead atoms. The number of nitrogens with two attached hydrogens (primary N) is 1. The number of halogens is 2. The predicted octanol–water partition coefficient (Wildman–Crippen LogP) is 2.45. The van der Waals surface area contributed by atoms with Crippen molar-refractivity contribution in [1.82, 2.24) is 0 Å². The van der Waals surface area contributed by atoms with Gasteiger partial charge < -0.3 is 10.5 Å². The summed E-state index contributed by atoms with van der Waals surface area (Å²) < 4.78 is 19.1. The maximum Gasteiger partial charge on any atom is 0.312 e.